The average Bonchev–Trinajstić information content (AvgIpc) is 3.01. The van der Waals surface area contributed by atoms with Crippen molar-refractivity contribution in [1.82, 2.24) is 5.32 Å². The highest BCUT2D eigenvalue weighted by atomic mass is 19.1. The van der Waals surface area contributed by atoms with Crippen molar-refractivity contribution >= 4 is 5.69 Å². The number of rotatable bonds is 6. The van der Waals surface area contributed by atoms with E-state index in [0.29, 0.717) is 0 Å². The first kappa shape index (κ1) is 13.3. The molecule has 2 atom stereocenters. The molecule has 1 fully saturated rings. The van der Waals surface area contributed by atoms with E-state index in [1.54, 1.807) is 12.1 Å². The summed E-state index contributed by atoms with van der Waals surface area (Å²) in [6.45, 7) is 7.00. The lowest BCUT2D eigenvalue weighted by Gasteiger charge is -2.20. The average molecular weight is 250 g/mol. The smallest absolute Gasteiger partial charge is 0.125 e. The number of hydrogen-bond acceptors (Lipinski definition) is 2. The second kappa shape index (κ2) is 5.70. The molecule has 1 aliphatic rings. The Balaban J connectivity index is 2.03. The first-order valence-electron chi connectivity index (χ1n) is 6.81. The molecule has 1 N–H and O–H groups in total. The fourth-order valence-electron chi connectivity index (χ4n) is 2.34. The largest absolute Gasteiger partial charge is 0.374 e. The minimum absolute atomic E-state index is 0.143. The second-order valence-corrected chi connectivity index (χ2v) is 5.45. The first-order valence-corrected chi connectivity index (χ1v) is 6.81. The van der Waals surface area contributed by atoms with Crippen LogP contribution in [0, 0.1) is 17.7 Å². The van der Waals surface area contributed by atoms with E-state index >= 15 is 0 Å². The number of hydrogen-bond donors (Lipinski definition) is 1. The van der Waals surface area contributed by atoms with Crippen LogP contribution in [0.25, 0.3) is 0 Å². The molecule has 1 aromatic carbocycles. The number of nitrogens with zero attached hydrogens (tertiary/aromatic N) is 1. The summed E-state index contributed by atoms with van der Waals surface area (Å²) in [4.78, 5) is 2.17. The van der Waals surface area contributed by atoms with Gasteiger partial charge in [0, 0.05) is 25.8 Å². The van der Waals surface area contributed by atoms with Gasteiger partial charge in [-0.3, -0.25) is 0 Å². The van der Waals surface area contributed by atoms with Crippen molar-refractivity contribution in [3.8, 4) is 0 Å². The fourth-order valence-corrected chi connectivity index (χ4v) is 2.34. The maximum atomic E-state index is 13.6. The maximum absolute atomic E-state index is 13.6. The summed E-state index contributed by atoms with van der Waals surface area (Å²) in [7, 11) is 2.05. The van der Waals surface area contributed by atoms with E-state index in [1.807, 2.05) is 0 Å². The minimum Gasteiger partial charge on any atom is -0.374 e. The number of halogens is 1. The zero-order chi connectivity index (χ0) is 13.1. The predicted molar refractivity (Wildman–Crippen MR) is 74.3 cm³/mol. The van der Waals surface area contributed by atoms with Crippen molar-refractivity contribution in [2.24, 2.45) is 11.8 Å². The molecule has 0 aliphatic heterocycles. The van der Waals surface area contributed by atoms with E-state index in [4.69, 9.17) is 0 Å². The van der Waals surface area contributed by atoms with Crippen LogP contribution in [0.15, 0.2) is 18.2 Å². The molecule has 0 amide bonds. The lowest BCUT2D eigenvalue weighted by Crippen LogP contribution is -2.21. The third kappa shape index (κ3) is 3.45. The summed E-state index contributed by atoms with van der Waals surface area (Å²) in [5, 5.41) is 3.23. The third-order valence-electron chi connectivity index (χ3n) is 3.75. The van der Waals surface area contributed by atoms with Gasteiger partial charge in [-0.2, -0.15) is 0 Å². The molecule has 2 nitrogen and oxygen atoms in total. The van der Waals surface area contributed by atoms with Crippen LogP contribution in [0.3, 0.4) is 0 Å². The van der Waals surface area contributed by atoms with Gasteiger partial charge in [0.25, 0.3) is 0 Å². The van der Waals surface area contributed by atoms with Crippen LogP contribution < -0.4 is 10.2 Å². The molecule has 100 valence electrons. The Morgan fingerprint density at radius 2 is 2.11 bits per heavy atom. The van der Waals surface area contributed by atoms with Crippen molar-refractivity contribution in [2.45, 2.75) is 26.8 Å². The van der Waals surface area contributed by atoms with Gasteiger partial charge in [-0.1, -0.05) is 13.8 Å². The zero-order valence-electron chi connectivity index (χ0n) is 11.5. The van der Waals surface area contributed by atoms with Gasteiger partial charge in [0.05, 0.1) is 0 Å². The van der Waals surface area contributed by atoms with Crippen LogP contribution in [-0.2, 0) is 6.54 Å². The Morgan fingerprint density at radius 3 is 2.72 bits per heavy atom. The lowest BCUT2D eigenvalue weighted by atomic mass is 10.1. The Kier molecular flexibility index (Phi) is 4.23. The Labute approximate surface area is 109 Å². The van der Waals surface area contributed by atoms with Gasteiger partial charge in [-0.05, 0) is 48.6 Å². The molecule has 0 saturated heterocycles. The van der Waals surface area contributed by atoms with Gasteiger partial charge >= 0.3 is 0 Å². The highest BCUT2D eigenvalue weighted by Crippen LogP contribution is 2.38. The summed E-state index contributed by atoms with van der Waals surface area (Å²) in [6.07, 6.45) is 1.31. The zero-order valence-corrected chi connectivity index (χ0v) is 11.5. The van der Waals surface area contributed by atoms with Crippen LogP contribution in [0.2, 0.25) is 0 Å². The van der Waals surface area contributed by atoms with Crippen LogP contribution >= 0.6 is 0 Å². The molecule has 0 spiro atoms. The highest BCUT2D eigenvalue weighted by Gasteiger charge is 2.33. The molecule has 3 heteroatoms. The summed E-state index contributed by atoms with van der Waals surface area (Å²) in [6, 6.07) is 5.32. The van der Waals surface area contributed by atoms with E-state index in [1.165, 1.54) is 6.42 Å². The van der Waals surface area contributed by atoms with Crippen molar-refractivity contribution in [3.05, 3.63) is 29.6 Å². The van der Waals surface area contributed by atoms with Gasteiger partial charge in [-0.25, -0.2) is 4.39 Å². The molecule has 0 radical (unpaired) electrons. The monoisotopic (exact) mass is 250 g/mol. The van der Waals surface area contributed by atoms with Crippen LogP contribution in [0.1, 0.15) is 25.8 Å². The Morgan fingerprint density at radius 1 is 1.39 bits per heavy atom. The van der Waals surface area contributed by atoms with Crippen LogP contribution in [0.4, 0.5) is 10.1 Å². The minimum atomic E-state index is -0.143. The molecular weight excluding hydrogens is 227 g/mol. The van der Waals surface area contributed by atoms with Crippen molar-refractivity contribution in [1.29, 1.82) is 0 Å². The first-order chi connectivity index (χ1) is 8.60. The molecule has 0 bridgehead atoms. The number of anilines is 1. The van der Waals surface area contributed by atoms with Crippen LogP contribution in [0.5, 0.6) is 0 Å². The van der Waals surface area contributed by atoms with Gasteiger partial charge in [-0.15, -0.1) is 0 Å². The van der Waals surface area contributed by atoms with Gasteiger partial charge in [0.15, 0.2) is 0 Å². The molecule has 0 aromatic heterocycles. The molecule has 0 heterocycles. The molecule has 18 heavy (non-hydrogen) atoms. The van der Waals surface area contributed by atoms with Crippen LogP contribution in [-0.4, -0.2) is 20.1 Å². The number of benzene rings is 1. The van der Waals surface area contributed by atoms with E-state index in [2.05, 4.69) is 37.2 Å². The van der Waals surface area contributed by atoms with Gasteiger partial charge in [0.2, 0.25) is 0 Å². The fraction of sp³-hybridized carbons (Fsp3) is 0.600. The van der Waals surface area contributed by atoms with E-state index in [9.17, 15) is 4.39 Å². The molecule has 2 rings (SSSR count). The van der Waals surface area contributed by atoms with Crippen molar-refractivity contribution < 1.29 is 4.39 Å². The van der Waals surface area contributed by atoms with E-state index in [0.717, 1.165) is 42.7 Å². The number of nitrogens with one attached hydrogen (secondary N) is 1. The summed E-state index contributed by atoms with van der Waals surface area (Å²) < 4.78 is 13.6. The standard InChI is InChI=1S/C15H23FN2/c1-4-17-9-12-6-14(16)8-15(7-12)18(3)10-13-5-11(13)2/h6-8,11,13,17H,4-5,9-10H2,1-3H3. The predicted octanol–water partition coefficient (Wildman–Crippen LogP) is 3.03. The lowest BCUT2D eigenvalue weighted by molar-refractivity contribution is 0.620. The third-order valence-corrected chi connectivity index (χ3v) is 3.75. The second-order valence-electron chi connectivity index (χ2n) is 5.45. The normalized spacial score (nSPS) is 22.0. The Hall–Kier alpha value is -1.09. The van der Waals surface area contributed by atoms with Crippen molar-refractivity contribution in [3.63, 3.8) is 0 Å². The van der Waals surface area contributed by atoms with Gasteiger partial charge < -0.3 is 10.2 Å². The van der Waals surface area contributed by atoms with Gasteiger partial charge in [0.1, 0.15) is 5.82 Å². The summed E-state index contributed by atoms with van der Waals surface area (Å²) >= 11 is 0. The SMILES string of the molecule is CCNCc1cc(F)cc(N(C)CC2CC2C)c1. The molecule has 1 saturated carbocycles. The maximum Gasteiger partial charge on any atom is 0.125 e. The highest BCUT2D eigenvalue weighted by molar-refractivity contribution is 5.48. The van der Waals surface area contributed by atoms with E-state index < -0.39 is 0 Å². The quantitative estimate of drug-likeness (QED) is 0.835. The summed E-state index contributed by atoms with van der Waals surface area (Å²) in [5.74, 6) is 1.48. The topological polar surface area (TPSA) is 15.3 Å². The molecule has 1 aromatic rings. The molecular formula is C15H23FN2. The molecule has 1 aliphatic carbocycles. The molecule has 2 unspecified atom stereocenters. The summed E-state index contributed by atoms with van der Waals surface area (Å²) in [5.41, 5.74) is 2.00. The Bertz CT molecular complexity index is 405. The van der Waals surface area contributed by atoms with E-state index in [-0.39, 0.29) is 5.82 Å². The van der Waals surface area contributed by atoms with Crippen molar-refractivity contribution in [2.75, 3.05) is 25.0 Å².